The third-order valence-corrected chi connectivity index (χ3v) is 4.77. The van der Waals surface area contributed by atoms with Gasteiger partial charge in [-0.2, -0.15) is 0 Å². The Balaban J connectivity index is 1.57. The highest BCUT2D eigenvalue weighted by atomic mass is 16.6. The minimum atomic E-state index is -0.879. The van der Waals surface area contributed by atoms with Crippen LogP contribution >= 0.6 is 0 Å². The van der Waals surface area contributed by atoms with Crippen molar-refractivity contribution in [3.05, 3.63) is 50.2 Å². The van der Waals surface area contributed by atoms with Crippen LogP contribution in [0.2, 0.25) is 0 Å². The number of ketones is 2. The van der Waals surface area contributed by atoms with Crippen molar-refractivity contribution in [2.24, 2.45) is 14.1 Å². The second-order valence-corrected chi connectivity index (χ2v) is 6.83. The number of carbonyl (C=O) groups is 3. The van der Waals surface area contributed by atoms with Gasteiger partial charge in [0.15, 0.2) is 23.9 Å². The van der Waals surface area contributed by atoms with E-state index in [1.807, 2.05) is 0 Å². The standard InChI is InChI=1S/C20H21N3O8/c1-22-18(21)17(19(27)23(2)20(22)28)13(25)10-31-16(26)6-4-12(24)11-3-5-14-15(9-11)30-8-7-29-14/h3,5,9H,4,6-8,10,21H2,1-2H3. The Labute approximate surface area is 175 Å². The quantitative estimate of drug-likeness (QED) is 0.465. The van der Waals surface area contributed by atoms with Gasteiger partial charge in [0.1, 0.15) is 24.6 Å². The molecule has 0 saturated carbocycles. The highest BCUT2D eigenvalue weighted by molar-refractivity contribution is 6.01. The Morgan fingerprint density at radius 2 is 1.68 bits per heavy atom. The predicted molar refractivity (Wildman–Crippen MR) is 108 cm³/mol. The Morgan fingerprint density at radius 3 is 2.39 bits per heavy atom. The molecular weight excluding hydrogens is 410 g/mol. The number of nitrogen functional groups attached to an aromatic ring is 1. The van der Waals surface area contributed by atoms with E-state index >= 15 is 0 Å². The Bertz CT molecular complexity index is 1180. The maximum atomic E-state index is 12.3. The maximum absolute atomic E-state index is 12.3. The van der Waals surface area contributed by atoms with Crippen molar-refractivity contribution in [1.82, 2.24) is 9.13 Å². The van der Waals surface area contributed by atoms with Gasteiger partial charge in [-0.05, 0) is 18.2 Å². The fourth-order valence-corrected chi connectivity index (χ4v) is 2.99. The third kappa shape index (κ3) is 4.49. The van der Waals surface area contributed by atoms with Crippen LogP contribution in [0.5, 0.6) is 11.5 Å². The van der Waals surface area contributed by atoms with Crippen molar-refractivity contribution in [3.63, 3.8) is 0 Å². The van der Waals surface area contributed by atoms with Crippen LogP contribution in [0.4, 0.5) is 5.82 Å². The smallest absolute Gasteiger partial charge is 0.332 e. The van der Waals surface area contributed by atoms with E-state index in [1.54, 1.807) is 18.2 Å². The number of hydrogen-bond donors (Lipinski definition) is 1. The Morgan fingerprint density at radius 1 is 1.00 bits per heavy atom. The summed E-state index contributed by atoms with van der Waals surface area (Å²) in [6, 6.07) is 4.74. The van der Waals surface area contributed by atoms with E-state index in [9.17, 15) is 24.0 Å². The lowest BCUT2D eigenvalue weighted by atomic mass is 10.1. The summed E-state index contributed by atoms with van der Waals surface area (Å²) < 4.78 is 17.4. The molecule has 2 N–H and O–H groups in total. The maximum Gasteiger partial charge on any atom is 0.332 e. The van der Waals surface area contributed by atoms with E-state index in [-0.39, 0.29) is 24.4 Å². The summed E-state index contributed by atoms with van der Waals surface area (Å²) in [6.07, 6.45) is -0.405. The van der Waals surface area contributed by atoms with E-state index in [2.05, 4.69) is 0 Å². The summed E-state index contributed by atoms with van der Waals surface area (Å²) >= 11 is 0. The molecule has 0 unspecified atom stereocenters. The summed E-state index contributed by atoms with van der Waals surface area (Å²) in [7, 11) is 2.51. The van der Waals surface area contributed by atoms with Crippen molar-refractivity contribution in [2.75, 3.05) is 25.6 Å². The SMILES string of the molecule is Cn1c(N)c(C(=O)COC(=O)CCC(=O)c2ccc3c(c2)OCCO3)c(=O)n(C)c1=O. The minimum absolute atomic E-state index is 0.142. The molecule has 0 amide bonds. The molecule has 11 heteroatoms. The third-order valence-electron chi connectivity index (χ3n) is 4.77. The molecule has 0 fully saturated rings. The predicted octanol–water partition coefficient (Wildman–Crippen LogP) is -0.174. The van der Waals surface area contributed by atoms with Gasteiger partial charge in [0.25, 0.3) is 5.56 Å². The van der Waals surface area contributed by atoms with E-state index < -0.39 is 35.2 Å². The first-order valence-corrected chi connectivity index (χ1v) is 9.38. The van der Waals surface area contributed by atoms with Crippen LogP contribution in [-0.2, 0) is 23.6 Å². The molecule has 0 bridgehead atoms. The molecule has 11 nitrogen and oxygen atoms in total. The first-order valence-electron chi connectivity index (χ1n) is 9.38. The summed E-state index contributed by atoms with van der Waals surface area (Å²) in [6.45, 7) is 0.0742. The number of hydrogen-bond acceptors (Lipinski definition) is 9. The molecule has 1 aromatic heterocycles. The zero-order valence-corrected chi connectivity index (χ0v) is 17.0. The topological polar surface area (TPSA) is 149 Å². The Hall–Kier alpha value is -3.89. The summed E-state index contributed by atoms with van der Waals surface area (Å²) in [4.78, 5) is 60.6. The van der Waals surface area contributed by atoms with Gasteiger partial charge in [-0.15, -0.1) is 0 Å². The van der Waals surface area contributed by atoms with E-state index in [4.69, 9.17) is 19.9 Å². The highest BCUT2D eigenvalue weighted by Gasteiger charge is 2.22. The summed E-state index contributed by atoms with van der Waals surface area (Å²) in [5.41, 5.74) is 4.05. The molecule has 0 atom stereocenters. The number of anilines is 1. The summed E-state index contributed by atoms with van der Waals surface area (Å²) in [5, 5.41) is 0. The van der Waals surface area contributed by atoms with E-state index in [0.717, 1.165) is 9.13 Å². The van der Waals surface area contributed by atoms with Gasteiger partial charge in [-0.25, -0.2) is 4.79 Å². The molecule has 0 radical (unpaired) electrons. The number of esters is 1. The summed E-state index contributed by atoms with van der Waals surface area (Å²) in [5.74, 6) is -1.26. The number of aromatic nitrogens is 2. The molecule has 0 spiro atoms. The number of carbonyl (C=O) groups excluding carboxylic acids is 3. The van der Waals surface area contributed by atoms with E-state index in [1.165, 1.54) is 14.1 Å². The number of fused-ring (bicyclic) bond motifs is 1. The highest BCUT2D eigenvalue weighted by Crippen LogP contribution is 2.31. The lowest BCUT2D eigenvalue weighted by Gasteiger charge is -2.18. The van der Waals surface area contributed by atoms with Crippen molar-refractivity contribution in [3.8, 4) is 11.5 Å². The normalized spacial score (nSPS) is 12.3. The van der Waals surface area contributed by atoms with Crippen LogP contribution in [0.1, 0.15) is 33.6 Å². The van der Waals surface area contributed by atoms with Gasteiger partial charge in [-0.1, -0.05) is 0 Å². The van der Waals surface area contributed by atoms with Gasteiger partial charge in [0.2, 0.25) is 5.78 Å². The molecule has 2 aromatic rings. The van der Waals surface area contributed by atoms with Crippen LogP contribution < -0.4 is 26.5 Å². The van der Waals surface area contributed by atoms with Crippen molar-refractivity contribution in [1.29, 1.82) is 0 Å². The van der Waals surface area contributed by atoms with Crippen LogP contribution in [0.3, 0.4) is 0 Å². The van der Waals surface area contributed by atoms with Gasteiger partial charge < -0.3 is 19.9 Å². The van der Waals surface area contributed by atoms with Crippen molar-refractivity contribution < 1.29 is 28.6 Å². The van der Waals surface area contributed by atoms with E-state index in [0.29, 0.717) is 30.3 Å². The molecule has 0 saturated heterocycles. The van der Waals surface area contributed by atoms with Crippen LogP contribution in [0, 0.1) is 0 Å². The number of benzene rings is 1. The first-order chi connectivity index (χ1) is 14.7. The fourth-order valence-electron chi connectivity index (χ4n) is 2.99. The van der Waals surface area contributed by atoms with Gasteiger partial charge in [-0.3, -0.25) is 28.3 Å². The Kier molecular flexibility index (Phi) is 6.23. The fraction of sp³-hybridized carbons (Fsp3) is 0.350. The molecule has 1 aliphatic heterocycles. The average molecular weight is 431 g/mol. The monoisotopic (exact) mass is 431 g/mol. The van der Waals surface area contributed by atoms with Gasteiger partial charge in [0, 0.05) is 26.1 Å². The van der Waals surface area contributed by atoms with Gasteiger partial charge >= 0.3 is 11.7 Å². The molecular formula is C20H21N3O8. The van der Waals surface area contributed by atoms with Gasteiger partial charge in [0.05, 0.1) is 6.42 Å². The lowest BCUT2D eigenvalue weighted by molar-refractivity contribution is -0.142. The number of nitrogens with two attached hydrogens (primary N) is 1. The second kappa shape index (κ2) is 8.86. The molecule has 164 valence electrons. The van der Waals surface area contributed by atoms with Crippen LogP contribution in [-0.4, -0.2) is 46.5 Å². The molecule has 0 aliphatic carbocycles. The molecule has 3 rings (SSSR count). The second-order valence-electron chi connectivity index (χ2n) is 6.83. The number of Topliss-reactive ketones (excluding diaryl/α,β-unsaturated/α-hetero) is 2. The number of ether oxygens (including phenoxy) is 3. The molecule has 2 heterocycles. The number of rotatable bonds is 7. The first kappa shape index (κ1) is 21.8. The van der Waals surface area contributed by atoms with Crippen LogP contribution in [0.25, 0.3) is 0 Å². The van der Waals surface area contributed by atoms with Crippen molar-refractivity contribution in [2.45, 2.75) is 12.8 Å². The minimum Gasteiger partial charge on any atom is -0.486 e. The molecule has 1 aromatic carbocycles. The lowest BCUT2D eigenvalue weighted by Crippen LogP contribution is -2.42. The molecule has 1 aliphatic rings. The average Bonchev–Trinajstić information content (AvgIpc) is 2.78. The largest absolute Gasteiger partial charge is 0.486 e. The number of nitrogens with zero attached hydrogens (tertiary/aromatic N) is 2. The molecule has 31 heavy (non-hydrogen) atoms. The van der Waals surface area contributed by atoms with Crippen molar-refractivity contribution >= 4 is 23.4 Å². The zero-order chi connectivity index (χ0) is 22.7. The zero-order valence-electron chi connectivity index (χ0n) is 17.0. The van der Waals surface area contributed by atoms with Crippen LogP contribution in [0.15, 0.2) is 27.8 Å².